The van der Waals surface area contributed by atoms with E-state index in [-0.39, 0.29) is 35.2 Å². The third kappa shape index (κ3) is 7.00. The number of rotatable bonds is 8. The van der Waals surface area contributed by atoms with E-state index in [4.69, 9.17) is 9.47 Å². The lowest BCUT2D eigenvalue weighted by atomic mass is 10.0. The fourth-order valence-corrected chi connectivity index (χ4v) is 4.68. The van der Waals surface area contributed by atoms with Gasteiger partial charge in [-0.15, -0.1) is 0 Å². The highest BCUT2D eigenvalue weighted by atomic mass is 79.9. The first-order valence-corrected chi connectivity index (χ1v) is 13.1. The second-order valence-electron chi connectivity index (χ2n) is 8.96. The molecule has 0 radical (unpaired) electrons. The summed E-state index contributed by atoms with van der Waals surface area (Å²) in [6, 6.07) is 0. The standard InChI is InChI=1S/C13H16BrFN2O2.C12H12BrFN2O3/c1-13(2,18)5-4-8-6-17-7-9(14)11(19-3)10(15)12(17)16-8;1-18-9(17)4-3-7-5-16-6-8(13)11(19-2)10(14)12(16)15-7/h6-7,18H,4-5H2,1-3H3;5-6H,3-4H2,1-2H3. The van der Waals surface area contributed by atoms with E-state index in [0.29, 0.717) is 33.9 Å². The van der Waals surface area contributed by atoms with Crippen molar-refractivity contribution in [3.8, 4) is 11.5 Å². The Hall–Kier alpha value is -2.77. The van der Waals surface area contributed by atoms with Crippen LogP contribution in [0, 0.1) is 11.6 Å². The highest BCUT2D eigenvalue weighted by molar-refractivity contribution is 9.10. The zero-order valence-electron chi connectivity index (χ0n) is 21.5. The van der Waals surface area contributed by atoms with Crippen LogP contribution >= 0.6 is 31.9 Å². The number of carbonyl (C=O) groups is 1. The molecule has 0 amide bonds. The first-order chi connectivity index (χ1) is 17.9. The minimum absolute atomic E-state index is 0.109. The molecule has 0 atom stereocenters. The fraction of sp³-hybridized carbons (Fsp3) is 0.400. The van der Waals surface area contributed by atoms with Gasteiger partial charge in [-0.2, -0.15) is 8.78 Å². The van der Waals surface area contributed by atoms with E-state index in [1.54, 1.807) is 47.4 Å². The molecule has 4 aromatic rings. The average Bonchev–Trinajstić information content (AvgIpc) is 3.45. The van der Waals surface area contributed by atoms with E-state index in [1.807, 2.05) is 0 Å². The van der Waals surface area contributed by atoms with Crippen LogP contribution in [-0.2, 0) is 22.4 Å². The van der Waals surface area contributed by atoms with Crippen LogP contribution in [0.5, 0.6) is 11.5 Å². The molecule has 206 valence electrons. The zero-order chi connectivity index (χ0) is 28.2. The molecule has 0 aliphatic heterocycles. The van der Waals surface area contributed by atoms with Crippen LogP contribution in [0.15, 0.2) is 33.7 Å². The number of esters is 1. The van der Waals surface area contributed by atoms with E-state index in [2.05, 4.69) is 46.6 Å². The quantitative estimate of drug-likeness (QED) is 0.256. The molecule has 0 aliphatic rings. The Kier molecular flexibility index (Phi) is 9.71. The maximum absolute atomic E-state index is 14.1. The predicted molar refractivity (Wildman–Crippen MR) is 144 cm³/mol. The molecular weight excluding hydrogens is 634 g/mol. The van der Waals surface area contributed by atoms with Crippen LogP contribution in [0.2, 0.25) is 0 Å². The molecule has 13 heteroatoms. The lowest BCUT2D eigenvalue weighted by Gasteiger charge is -2.15. The third-order valence-corrected chi connectivity index (χ3v) is 6.64. The number of hydrogen-bond acceptors (Lipinski definition) is 7. The van der Waals surface area contributed by atoms with Gasteiger partial charge in [-0.25, -0.2) is 9.97 Å². The number of ether oxygens (including phenoxy) is 3. The number of nitrogens with zero attached hydrogens (tertiary/aromatic N) is 4. The molecule has 0 fully saturated rings. The minimum atomic E-state index is -0.757. The summed E-state index contributed by atoms with van der Waals surface area (Å²) in [5.74, 6) is -1.10. The lowest BCUT2D eigenvalue weighted by molar-refractivity contribution is -0.140. The molecule has 0 spiro atoms. The van der Waals surface area contributed by atoms with Gasteiger partial charge in [0.1, 0.15) is 0 Å². The number of aryl methyl sites for hydroxylation is 2. The average molecular weight is 662 g/mol. The van der Waals surface area contributed by atoms with Crippen molar-refractivity contribution in [1.82, 2.24) is 18.8 Å². The number of carbonyl (C=O) groups excluding carboxylic acids is 1. The molecule has 0 bridgehead atoms. The van der Waals surface area contributed by atoms with Crippen LogP contribution in [0.3, 0.4) is 0 Å². The Morgan fingerprint density at radius 1 is 0.895 bits per heavy atom. The fourth-order valence-electron chi connectivity index (χ4n) is 3.57. The molecule has 4 heterocycles. The van der Waals surface area contributed by atoms with Crippen molar-refractivity contribution >= 4 is 49.1 Å². The highest BCUT2D eigenvalue weighted by Gasteiger charge is 2.18. The van der Waals surface area contributed by atoms with Gasteiger partial charge in [-0.1, -0.05) is 0 Å². The lowest BCUT2D eigenvalue weighted by Crippen LogP contribution is -2.19. The van der Waals surface area contributed by atoms with E-state index in [1.165, 1.54) is 21.3 Å². The molecule has 0 aliphatic carbocycles. The number of pyridine rings is 2. The second-order valence-corrected chi connectivity index (χ2v) is 10.7. The molecular formula is C25H28Br2F2N4O5. The molecule has 0 saturated heterocycles. The predicted octanol–water partition coefficient (Wildman–Crippen LogP) is 5.30. The van der Waals surface area contributed by atoms with Gasteiger partial charge in [0.25, 0.3) is 0 Å². The molecule has 38 heavy (non-hydrogen) atoms. The topological polar surface area (TPSA) is 99.6 Å². The Morgan fingerprint density at radius 3 is 1.74 bits per heavy atom. The Labute approximate surface area is 235 Å². The summed E-state index contributed by atoms with van der Waals surface area (Å²) in [6.45, 7) is 3.48. The van der Waals surface area contributed by atoms with Gasteiger partial charge in [0, 0.05) is 31.2 Å². The van der Waals surface area contributed by atoms with Gasteiger partial charge in [0.15, 0.2) is 22.8 Å². The molecule has 0 saturated carbocycles. The second kappa shape index (κ2) is 12.4. The van der Waals surface area contributed by atoms with Crippen molar-refractivity contribution in [2.45, 2.75) is 45.1 Å². The molecule has 4 rings (SSSR count). The zero-order valence-corrected chi connectivity index (χ0v) is 24.7. The number of imidazole rings is 2. The summed E-state index contributed by atoms with van der Waals surface area (Å²) in [6.07, 6.45) is 8.55. The van der Waals surface area contributed by atoms with Crippen LogP contribution in [0.25, 0.3) is 11.3 Å². The summed E-state index contributed by atoms with van der Waals surface area (Å²) in [4.78, 5) is 19.5. The van der Waals surface area contributed by atoms with Gasteiger partial charge in [-0.05, 0) is 58.5 Å². The minimum Gasteiger partial charge on any atom is -0.492 e. The highest BCUT2D eigenvalue weighted by Crippen LogP contribution is 2.31. The van der Waals surface area contributed by atoms with Crippen molar-refractivity contribution in [2.75, 3.05) is 21.3 Å². The Morgan fingerprint density at radius 2 is 1.34 bits per heavy atom. The van der Waals surface area contributed by atoms with Gasteiger partial charge < -0.3 is 28.1 Å². The summed E-state index contributed by atoms with van der Waals surface area (Å²) in [7, 11) is 4.13. The largest absolute Gasteiger partial charge is 0.492 e. The third-order valence-electron chi connectivity index (χ3n) is 5.51. The molecule has 0 unspecified atom stereocenters. The molecule has 4 aromatic heterocycles. The van der Waals surface area contributed by atoms with Crippen molar-refractivity contribution in [3.05, 3.63) is 56.8 Å². The van der Waals surface area contributed by atoms with Crippen LogP contribution in [-0.4, -0.2) is 56.8 Å². The number of methoxy groups -OCH3 is 3. The summed E-state index contributed by atoms with van der Waals surface area (Å²) < 4.78 is 46.9. The summed E-state index contributed by atoms with van der Waals surface area (Å²) >= 11 is 6.48. The van der Waals surface area contributed by atoms with E-state index in [9.17, 15) is 18.7 Å². The van der Waals surface area contributed by atoms with E-state index >= 15 is 0 Å². The van der Waals surface area contributed by atoms with Crippen molar-refractivity contribution in [3.63, 3.8) is 0 Å². The normalized spacial score (nSPS) is 11.4. The maximum Gasteiger partial charge on any atom is 0.305 e. The smallest absolute Gasteiger partial charge is 0.305 e. The van der Waals surface area contributed by atoms with Gasteiger partial charge >= 0.3 is 5.97 Å². The number of halogens is 4. The maximum atomic E-state index is 14.1. The van der Waals surface area contributed by atoms with Gasteiger partial charge in [-0.3, -0.25) is 4.79 Å². The van der Waals surface area contributed by atoms with Crippen LogP contribution < -0.4 is 9.47 Å². The summed E-state index contributed by atoms with van der Waals surface area (Å²) in [5, 5.41) is 9.70. The van der Waals surface area contributed by atoms with Gasteiger partial charge in [0.05, 0.1) is 53.7 Å². The van der Waals surface area contributed by atoms with Crippen LogP contribution in [0.4, 0.5) is 8.78 Å². The Balaban J connectivity index is 0.000000211. The van der Waals surface area contributed by atoms with E-state index in [0.717, 1.165) is 5.69 Å². The molecule has 1 N–H and O–H groups in total. The van der Waals surface area contributed by atoms with Crippen molar-refractivity contribution in [2.24, 2.45) is 0 Å². The monoisotopic (exact) mass is 660 g/mol. The van der Waals surface area contributed by atoms with Gasteiger partial charge in [0.2, 0.25) is 11.6 Å². The van der Waals surface area contributed by atoms with Crippen molar-refractivity contribution < 1.29 is 32.9 Å². The Bertz CT molecular complexity index is 1450. The molecule has 9 nitrogen and oxygen atoms in total. The number of hydrogen-bond donors (Lipinski definition) is 1. The number of aromatic nitrogens is 4. The first-order valence-electron chi connectivity index (χ1n) is 11.5. The van der Waals surface area contributed by atoms with Crippen LogP contribution in [0.1, 0.15) is 38.1 Å². The van der Waals surface area contributed by atoms with Crippen molar-refractivity contribution in [1.29, 1.82) is 0 Å². The molecule has 0 aromatic carbocycles. The SMILES string of the molecule is COC(=O)CCc1cn2cc(Br)c(OC)c(F)c2n1.COc1c(Br)cn2cc(CCC(C)(C)O)nc2c1F. The first kappa shape index (κ1) is 29.8. The number of aliphatic hydroxyl groups is 1. The summed E-state index contributed by atoms with van der Waals surface area (Å²) in [5.41, 5.74) is 0.989. The van der Waals surface area contributed by atoms with E-state index < -0.39 is 17.2 Å². The number of fused-ring (bicyclic) bond motifs is 2.